The third kappa shape index (κ3) is 14.6. The van der Waals surface area contributed by atoms with Crippen LogP contribution in [0.5, 0.6) is 0 Å². The second-order valence-corrected chi connectivity index (χ2v) is 37.4. The highest BCUT2D eigenvalue weighted by molar-refractivity contribution is 6.27. The Hall–Kier alpha value is -19.1. The summed E-state index contributed by atoms with van der Waals surface area (Å²) in [6.07, 6.45) is 0. The van der Waals surface area contributed by atoms with Crippen LogP contribution in [0.2, 0.25) is 0 Å². The van der Waals surface area contributed by atoms with Crippen LogP contribution in [-0.4, -0.2) is 27.4 Å². The summed E-state index contributed by atoms with van der Waals surface area (Å²) >= 11 is 0. The number of hydrogen-bond acceptors (Lipinski definition) is 0. The first kappa shape index (κ1) is 84.2. The highest BCUT2D eigenvalue weighted by Crippen LogP contribution is 2.49. The molecule has 6 heteroatoms. The van der Waals surface area contributed by atoms with Gasteiger partial charge in [0.1, 0.15) is 0 Å². The van der Waals surface area contributed by atoms with Gasteiger partial charge in [0.15, 0.2) is 0 Å². The van der Waals surface area contributed by atoms with Gasteiger partial charge in [0.25, 0.3) is 0 Å². The molecule has 0 radical (unpaired) electrons. The summed E-state index contributed by atoms with van der Waals surface area (Å²) in [5, 5.41) is 15.0. The number of rotatable bonds is 14. The van der Waals surface area contributed by atoms with E-state index in [4.69, 9.17) is 0 Å². The molecule has 29 rings (SSSR count). The molecule has 29 aromatic rings. The fourth-order valence-corrected chi connectivity index (χ4v) is 22.6. The molecular formula is C138H92N6. The number of aromatic nitrogens is 6. The van der Waals surface area contributed by atoms with E-state index in [1.165, 1.54) is 220 Å². The molecule has 0 atom stereocenters. The van der Waals surface area contributed by atoms with Crippen molar-refractivity contribution < 1.29 is 0 Å². The van der Waals surface area contributed by atoms with Gasteiger partial charge >= 0.3 is 0 Å². The molecule has 6 heterocycles. The van der Waals surface area contributed by atoms with Crippen LogP contribution in [-0.2, 0) is 0 Å². The Morgan fingerprint density at radius 2 is 0.243 bits per heavy atom. The fraction of sp³-hybridized carbons (Fsp3) is 0. The van der Waals surface area contributed by atoms with Gasteiger partial charge in [-0.2, -0.15) is 0 Å². The number of fused-ring (bicyclic) bond motifs is 21. The number of nitrogens with zero attached hydrogens (tertiary/aromatic N) is 6. The van der Waals surface area contributed by atoms with E-state index in [1.807, 2.05) is 0 Å². The van der Waals surface area contributed by atoms with E-state index in [0.717, 1.165) is 34.1 Å². The molecule has 23 aromatic carbocycles. The van der Waals surface area contributed by atoms with Crippen molar-refractivity contribution in [1.82, 2.24) is 27.4 Å². The molecule has 0 saturated heterocycles. The van der Waals surface area contributed by atoms with Gasteiger partial charge < -0.3 is 27.4 Å². The maximum Gasteiger partial charge on any atom is 0.0788 e. The minimum absolute atomic E-state index is 1.14. The molecule has 144 heavy (non-hydrogen) atoms. The predicted molar refractivity (Wildman–Crippen MR) is 609 cm³/mol. The van der Waals surface area contributed by atoms with Crippen molar-refractivity contribution in [3.05, 3.63) is 558 Å². The van der Waals surface area contributed by atoms with Gasteiger partial charge in [0, 0.05) is 98.8 Å². The Balaban J connectivity index is 0.000000108. The smallest absolute Gasteiger partial charge is 0.0788 e. The Kier molecular flexibility index (Phi) is 20.9. The Morgan fingerprint density at radius 3 is 0.486 bits per heavy atom. The van der Waals surface area contributed by atoms with Crippen LogP contribution in [0.4, 0.5) is 0 Å². The third-order valence-electron chi connectivity index (χ3n) is 29.0. The Morgan fingerprint density at radius 1 is 0.0833 bits per heavy atom. The summed E-state index contributed by atoms with van der Waals surface area (Å²) in [5.41, 5.74) is 40.7. The lowest BCUT2D eigenvalue weighted by Gasteiger charge is -2.15. The summed E-state index contributed by atoms with van der Waals surface area (Å²) < 4.78 is 14.8. The molecular weight excluding hydrogens is 1740 g/mol. The van der Waals surface area contributed by atoms with Gasteiger partial charge in [0.2, 0.25) is 0 Å². The average Bonchev–Trinajstić information content (AvgIpc) is 1.55. The second kappa shape index (κ2) is 35.7. The first-order chi connectivity index (χ1) is 71.5. The number of para-hydroxylation sites is 9. The lowest BCUT2D eigenvalue weighted by atomic mass is 9.93. The molecule has 0 saturated carbocycles. The van der Waals surface area contributed by atoms with Crippen molar-refractivity contribution >= 4 is 131 Å². The quantitative estimate of drug-likeness (QED) is 0.104. The van der Waals surface area contributed by atoms with E-state index < -0.39 is 0 Å². The zero-order chi connectivity index (χ0) is 95.1. The van der Waals surface area contributed by atoms with E-state index in [1.54, 1.807) is 0 Å². The zero-order valence-corrected chi connectivity index (χ0v) is 78.8. The first-order valence-corrected chi connectivity index (χ1v) is 49.5. The minimum atomic E-state index is 1.14. The van der Waals surface area contributed by atoms with Gasteiger partial charge in [0.05, 0.1) is 66.2 Å². The highest BCUT2D eigenvalue weighted by atomic mass is 15.1. The third-order valence-corrected chi connectivity index (χ3v) is 29.0. The molecule has 674 valence electrons. The molecule has 0 aliphatic carbocycles. The standard InChI is InChI=1S/2C48H32N2.C42H28N2/c1-4-15-33(16-5-1)36-29-37(34-17-6-2-7-18-34)31-38(30-36)35-19-14-22-40(32-35)50-46-26-13-11-24-42(46)44-28-27-43-41-23-10-12-25-45(41)49(47(43)48(44)50)39-20-8-3-9-21-39;1-4-14-33(15-5-1)36-30-37(34-16-6-2-7-17-34)32-38(31-36)35-24-26-40(27-25-35)50-46-23-13-11-21-42(46)44-29-28-43-41-20-10-12-22-45(41)49(47(43)48(44)50)39-18-8-3-9-19-39;1-4-14-29(15-5-1)31-26-32(30-16-6-2-7-17-30)28-34(27-31)44-40-23-13-11-21-36(40)38-25-24-37-35-20-10-12-22-39(35)43(41(37)42(38)44)33-18-8-3-9-19-33/h2*1-32H;1-28H. The van der Waals surface area contributed by atoms with Gasteiger partial charge in [-0.3, -0.25) is 0 Å². The summed E-state index contributed by atoms with van der Waals surface area (Å²) in [7, 11) is 0. The topological polar surface area (TPSA) is 29.6 Å². The Bertz CT molecular complexity index is 9770. The van der Waals surface area contributed by atoms with Crippen LogP contribution in [0.25, 0.3) is 254 Å². The molecule has 0 fully saturated rings. The van der Waals surface area contributed by atoms with Crippen molar-refractivity contribution in [1.29, 1.82) is 0 Å². The SMILES string of the molecule is c1ccc(-c2cc(-c3ccccc3)cc(-c3ccc(-n4c5ccccc5c5ccc6c7ccccc7n(-c7ccccc7)c6c54)cc3)c2)cc1.c1ccc(-c2cc(-c3ccccc3)cc(-c3cccc(-n4c5ccccc5c5ccc6c7ccccc7n(-c7ccccc7)c6c54)c3)c2)cc1.c1ccc(-c2cc(-c3ccccc3)cc(-n3c4ccccc4c4ccc5c6ccccc6n(-c6ccccc6)c5c43)c2)cc1. The lowest BCUT2D eigenvalue weighted by molar-refractivity contribution is 1.15. The first-order valence-electron chi connectivity index (χ1n) is 49.5. The Labute approximate surface area is 833 Å². The van der Waals surface area contributed by atoms with E-state index in [-0.39, 0.29) is 0 Å². The monoisotopic (exact) mass is 1830 g/mol. The summed E-state index contributed by atoms with van der Waals surface area (Å²) in [4.78, 5) is 0. The van der Waals surface area contributed by atoms with Crippen molar-refractivity contribution in [2.24, 2.45) is 0 Å². The molecule has 0 N–H and O–H groups in total. The maximum atomic E-state index is 2.49. The lowest BCUT2D eigenvalue weighted by Crippen LogP contribution is -1.99. The van der Waals surface area contributed by atoms with Crippen molar-refractivity contribution in [2.75, 3.05) is 0 Å². The number of benzene rings is 23. The predicted octanol–water partition coefficient (Wildman–Crippen LogP) is 37.0. The number of hydrogen-bond donors (Lipinski definition) is 0. The molecule has 6 nitrogen and oxygen atoms in total. The van der Waals surface area contributed by atoms with E-state index in [2.05, 4.69) is 586 Å². The van der Waals surface area contributed by atoms with Gasteiger partial charge in [-0.1, -0.05) is 406 Å². The average molecular weight is 1830 g/mol. The van der Waals surface area contributed by atoms with Crippen LogP contribution < -0.4 is 0 Å². The zero-order valence-electron chi connectivity index (χ0n) is 78.8. The molecule has 0 bridgehead atoms. The van der Waals surface area contributed by atoms with Gasteiger partial charge in [-0.05, 0) is 241 Å². The van der Waals surface area contributed by atoms with E-state index >= 15 is 0 Å². The highest BCUT2D eigenvalue weighted by Gasteiger charge is 2.27. The van der Waals surface area contributed by atoms with Crippen LogP contribution in [0.3, 0.4) is 0 Å². The maximum absolute atomic E-state index is 2.49. The molecule has 0 aliphatic heterocycles. The van der Waals surface area contributed by atoms with Gasteiger partial charge in [-0.25, -0.2) is 0 Å². The molecule has 0 aliphatic rings. The molecule has 0 amide bonds. The van der Waals surface area contributed by atoms with Crippen molar-refractivity contribution in [3.63, 3.8) is 0 Å². The molecule has 6 aromatic heterocycles. The molecule has 0 spiro atoms. The van der Waals surface area contributed by atoms with Crippen LogP contribution in [0.15, 0.2) is 558 Å². The fourth-order valence-electron chi connectivity index (χ4n) is 22.6. The van der Waals surface area contributed by atoms with Crippen molar-refractivity contribution in [2.45, 2.75) is 0 Å². The summed E-state index contributed by atoms with van der Waals surface area (Å²) in [6.45, 7) is 0. The second-order valence-electron chi connectivity index (χ2n) is 37.4. The van der Waals surface area contributed by atoms with E-state index in [9.17, 15) is 0 Å². The minimum Gasteiger partial charge on any atom is -0.307 e. The van der Waals surface area contributed by atoms with Crippen LogP contribution in [0.1, 0.15) is 0 Å². The largest absolute Gasteiger partial charge is 0.307 e. The molecule has 0 unspecified atom stereocenters. The van der Waals surface area contributed by atoms with Crippen LogP contribution in [0, 0.1) is 0 Å². The van der Waals surface area contributed by atoms with Gasteiger partial charge in [-0.15, -0.1) is 0 Å². The normalized spacial score (nSPS) is 11.6. The summed E-state index contributed by atoms with van der Waals surface area (Å²) in [6, 6.07) is 202. The van der Waals surface area contributed by atoms with E-state index in [0.29, 0.717) is 0 Å². The van der Waals surface area contributed by atoms with Crippen molar-refractivity contribution in [3.8, 4) is 123 Å². The van der Waals surface area contributed by atoms with Crippen LogP contribution >= 0.6 is 0 Å². The summed E-state index contributed by atoms with van der Waals surface area (Å²) in [5.74, 6) is 0.